The Morgan fingerprint density at radius 1 is 0.333 bits per heavy atom. The van der Waals surface area contributed by atoms with Crippen LogP contribution in [0.1, 0.15) is 0 Å². The molecule has 0 amide bonds. The average molecular weight is 616 g/mol. The van der Waals surface area contributed by atoms with Crippen molar-refractivity contribution in [2.45, 2.75) is 0 Å². The van der Waals surface area contributed by atoms with Crippen molar-refractivity contribution in [1.82, 2.24) is 0 Å². The van der Waals surface area contributed by atoms with Crippen LogP contribution in [0.5, 0.6) is 0 Å². The second-order valence-electron chi connectivity index (χ2n) is 9.23. The van der Waals surface area contributed by atoms with Crippen molar-refractivity contribution in [3.8, 4) is 0 Å². The van der Waals surface area contributed by atoms with E-state index in [-0.39, 0.29) is 11.5 Å². The fourth-order valence-electron chi connectivity index (χ4n) is 5.35. The Morgan fingerprint density at radius 2 is 0.833 bits per heavy atom. The summed E-state index contributed by atoms with van der Waals surface area (Å²) in [5.74, 6) is -29.2. The van der Waals surface area contributed by atoms with Crippen molar-refractivity contribution >= 4 is 59.7 Å². The zero-order valence-electron chi connectivity index (χ0n) is 20.0. The maximum Gasteiger partial charge on any atom is 0.404 e. The number of rotatable bonds is 3. The highest BCUT2D eigenvalue weighted by Gasteiger charge is 2.43. The van der Waals surface area contributed by atoms with Gasteiger partial charge in [-0.2, -0.15) is 0 Å². The first-order valence-corrected chi connectivity index (χ1v) is 13.3. The van der Waals surface area contributed by atoms with Gasteiger partial charge in [-0.15, -0.1) is 0 Å². The Bertz CT molecular complexity index is 2110. The van der Waals surface area contributed by atoms with Gasteiger partial charge in [-0.1, -0.05) is 33.1 Å². The van der Waals surface area contributed by atoms with Crippen molar-refractivity contribution in [2.75, 3.05) is 0 Å². The van der Waals surface area contributed by atoms with Gasteiger partial charge in [0.25, 0.3) is 0 Å². The second kappa shape index (κ2) is 9.50. The predicted octanol–water partition coefficient (Wildman–Crippen LogP) is 6.91. The van der Waals surface area contributed by atoms with E-state index in [2.05, 4.69) is 0 Å². The van der Waals surface area contributed by atoms with Gasteiger partial charge in [0, 0.05) is 10.8 Å². The highest BCUT2D eigenvalue weighted by Crippen LogP contribution is 2.40. The zero-order valence-corrected chi connectivity index (χ0v) is 21.1. The van der Waals surface area contributed by atoms with Gasteiger partial charge in [-0.05, 0) is 27.3 Å². The molecule has 6 aromatic carbocycles. The first-order valence-electron chi connectivity index (χ1n) is 11.6. The van der Waals surface area contributed by atoms with E-state index in [1.54, 1.807) is 0 Å². The van der Waals surface area contributed by atoms with Gasteiger partial charge in [0.15, 0.2) is 58.2 Å². The normalized spacial score (nSPS) is 11.9. The van der Waals surface area contributed by atoms with Crippen LogP contribution in [0.2, 0.25) is 0 Å². The SMILES string of the molecule is Fc1cc[c]([Al]([c]2c(F)c(F)c(F)c(F)c2F)[c]2c(F)c(F)c3c(F)c(F)c4c(F)ccc5ccc2c3c54)c(F)c1F. The zero-order chi connectivity index (χ0) is 30.5. The molecule has 0 aliphatic heterocycles. The highest BCUT2D eigenvalue weighted by molar-refractivity contribution is 6.97. The summed E-state index contributed by atoms with van der Waals surface area (Å²) in [5.41, 5.74) is 0. The number of hydrogen-bond donors (Lipinski definition) is 0. The van der Waals surface area contributed by atoms with E-state index in [9.17, 15) is 30.7 Å². The summed E-state index contributed by atoms with van der Waals surface area (Å²) in [6.07, 6.45) is 0. The number of hydrogen-bond acceptors (Lipinski definition) is 0. The molecule has 42 heavy (non-hydrogen) atoms. The fraction of sp³-hybridized carbons (Fsp3) is 0. The molecule has 0 N–H and O–H groups in total. The summed E-state index contributed by atoms with van der Waals surface area (Å²) < 4.78 is 188. The van der Waals surface area contributed by atoms with Crippen molar-refractivity contribution in [1.29, 1.82) is 0 Å². The molecule has 0 unspecified atom stereocenters. The van der Waals surface area contributed by atoms with Crippen LogP contribution in [-0.4, -0.2) is 14.1 Å². The molecule has 0 heterocycles. The van der Waals surface area contributed by atoms with Crippen LogP contribution < -0.4 is 13.3 Å². The van der Waals surface area contributed by atoms with E-state index in [4.69, 9.17) is 0 Å². The van der Waals surface area contributed by atoms with Gasteiger partial charge in [0.2, 0.25) is 0 Å². The monoisotopic (exact) mass is 616 g/mol. The van der Waals surface area contributed by atoms with E-state index in [0.717, 1.165) is 24.3 Å². The summed E-state index contributed by atoms with van der Waals surface area (Å²) in [7, 11) is 0. The standard InChI is InChI=1S/C16H4F5.C6F5.C6H2F3.Al/c17-8-4-3-6-1-2-7-5-9(18)14(19)13-11(7)10(6)12(8)15(20)16(13)21;7-2-1-3(8)5(10)6(11)4(2)9;7-4-2-1-3-5(8)6(4)9;/h1-4H;;1-2H;. The molecule has 0 aliphatic carbocycles. The van der Waals surface area contributed by atoms with Crippen molar-refractivity contribution in [3.05, 3.63) is 112 Å². The predicted molar refractivity (Wildman–Crippen MR) is 127 cm³/mol. The molecule has 0 aromatic heterocycles. The molecule has 0 radical (unpaired) electrons. The first-order chi connectivity index (χ1) is 19.8. The quantitative estimate of drug-likeness (QED) is 0.0667. The van der Waals surface area contributed by atoms with Crippen LogP contribution in [0.4, 0.5) is 57.1 Å². The lowest BCUT2D eigenvalue weighted by Gasteiger charge is -2.22. The Balaban J connectivity index is 1.90. The lowest BCUT2D eigenvalue weighted by Crippen LogP contribution is -2.58. The molecule has 0 saturated heterocycles. The molecule has 0 saturated carbocycles. The molecule has 0 aliphatic rings. The van der Waals surface area contributed by atoms with Gasteiger partial charge in [0.1, 0.15) is 17.5 Å². The third kappa shape index (κ3) is 3.58. The van der Waals surface area contributed by atoms with Gasteiger partial charge >= 0.3 is 14.1 Å². The van der Waals surface area contributed by atoms with E-state index < -0.39 is 130 Å². The lowest BCUT2D eigenvalue weighted by atomic mass is 9.92. The molecule has 6 aromatic rings. The van der Waals surface area contributed by atoms with Gasteiger partial charge in [-0.3, -0.25) is 0 Å². The summed E-state index contributed by atoms with van der Waals surface area (Å²) >= 11 is -5.03. The van der Waals surface area contributed by atoms with Crippen LogP contribution in [0, 0.1) is 75.6 Å². The van der Waals surface area contributed by atoms with Crippen LogP contribution in [0.15, 0.2) is 36.4 Å². The topological polar surface area (TPSA) is 0 Å². The largest absolute Gasteiger partial charge is 0.404 e. The molecule has 0 atom stereocenters. The first kappa shape index (κ1) is 28.1. The molecule has 0 fully saturated rings. The number of halogens is 13. The minimum Gasteiger partial charge on any atom is -0.206 e. The van der Waals surface area contributed by atoms with Gasteiger partial charge in [0.05, 0.1) is 10.8 Å². The van der Waals surface area contributed by atoms with Crippen LogP contribution >= 0.6 is 0 Å². The smallest absolute Gasteiger partial charge is 0.206 e. The molecule has 0 bridgehead atoms. The molecular weight excluding hydrogens is 610 g/mol. The average Bonchev–Trinajstić information content (AvgIpc) is 2.96. The maximum absolute atomic E-state index is 15.9. The van der Waals surface area contributed by atoms with Crippen LogP contribution in [0.25, 0.3) is 32.3 Å². The summed E-state index contributed by atoms with van der Waals surface area (Å²) in [6.45, 7) is 0. The minimum absolute atomic E-state index is 0.0757. The van der Waals surface area contributed by atoms with Crippen molar-refractivity contribution < 1.29 is 57.1 Å². The highest BCUT2D eigenvalue weighted by atomic mass is 27.2. The Hall–Kier alpha value is -4.02. The molecule has 6 rings (SSSR count). The molecule has 0 spiro atoms. The molecule has 14 heteroatoms. The summed E-state index contributed by atoms with van der Waals surface area (Å²) in [5, 5.41) is -4.63. The van der Waals surface area contributed by atoms with Crippen molar-refractivity contribution in [2.24, 2.45) is 0 Å². The molecule has 0 nitrogen and oxygen atoms in total. The third-order valence-corrected chi connectivity index (χ3v) is 10.4. The van der Waals surface area contributed by atoms with E-state index >= 15 is 26.3 Å². The summed E-state index contributed by atoms with van der Waals surface area (Å²) in [4.78, 5) is 0. The van der Waals surface area contributed by atoms with E-state index in [1.165, 1.54) is 0 Å². The minimum atomic E-state index is -5.03. The lowest BCUT2D eigenvalue weighted by molar-refractivity contribution is 0.384. The maximum atomic E-state index is 15.9. The Morgan fingerprint density at radius 3 is 1.48 bits per heavy atom. The van der Waals surface area contributed by atoms with Crippen molar-refractivity contribution in [3.63, 3.8) is 0 Å². The van der Waals surface area contributed by atoms with E-state index in [1.807, 2.05) is 0 Å². The Labute approximate surface area is 228 Å². The molecular formula is C28H6AlF13. The fourth-order valence-corrected chi connectivity index (χ4v) is 8.62. The van der Waals surface area contributed by atoms with Crippen LogP contribution in [-0.2, 0) is 0 Å². The third-order valence-electron chi connectivity index (χ3n) is 7.15. The van der Waals surface area contributed by atoms with Crippen LogP contribution in [0.3, 0.4) is 0 Å². The Kier molecular flexibility index (Phi) is 6.36. The number of benzene rings is 6. The van der Waals surface area contributed by atoms with Gasteiger partial charge in [-0.25, -0.2) is 57.1 Å². The molecule has 212 valence electrons. The summed E-state index contributed by atoms with van der Waals surface area (Å²) in [6, 6.07) is 4.23. The van der Waals surface area contributed by atoms with Gasteiger partial charge < -0.3 is 0 Å². The second-order valence-corrected chi connectivity index (χ2v) is 11.9. The van der Waals surface area contributed by atoms with E-state index in [0.29, 0.717) is 6.07 Å².